The van der Waals surface area contributed by atoms with Crippen molar-refractivity contribution in [3.05, 3.63) is 34.4 Å². The molecule has 0 N–H and O–H groups in total. The van der Waals surface area contributed by atoms with Crippen LogP contribution in [0.2, 0.25) is 5.02 Å². The molecule has 0 atom stereocenters. The lowest BCUT2D eigenvalue weighted by molar-refractivity contribution is 0.507. The topological polar surface area (TPSA) is 34.1 Å². The van der Waals surface area contributed by atoms with Crippen LogP contribution in [-0.4, -0.2) is 8.42 Å². The van der Waals surface area contributed by atoms with Crippen molar-refractivity contribution >= 4 is 21.8 Å². The molecular weight excluding hydrogens is 241 g/mol. The summed E-state index contributed by atoms with van der Waals surface area (Å²) >= 11 is 5.37. The van der Waals surface area contributed by atoms with Gasteiger partial charge in [-0.2, -0.15) is 8.42 Å². The van der Waals surface area contributed by atoms with E-state index in [1.165, 1.54) is 0 Å². The molecule has 1 aromatic carbocycles. The zero-order valence-corrected chi connectivity index (χ0v) is 8.17. The van der Waals surface area contributed by atoms with Crippen molar-refractivity contribution < 1.29 is 21.1 Å². The monoisotopic (exact) mass is 244 g/mol. The van der Waals surface area contributed by atoms with Gasteiger partial charge in [0.15, 0.2) is 11.6 Å². The van der Waals surface area contributed by atoms with E-state index in [2.05, 4.69) is 0 Å². The summed E-state index contributed by atoms with van der Waals surface area (Å²) in [5.41, 5.74) is -0.312. The van der Waals surface area contributed by atoms with E-state index in [0.717, 1.165) is 0 Å². The van der Waals surface area contributed by atoms with Crippen LogP contribution in [0.25, 0.3) is 0 Å². The molecule has 0 unspecified atom stereocenters. The summed E-state index contributed by atoms with van der Waals surface area (Å²) in [7, 11) is -4.80. The first-order valence-corrected chi connectivity index (χ1v) is 5.28. The van der Waals surface area contributed by atoms with Gasteiger partial charge in [0.2, 0.25) is 0 Å². The van der Waals surface area contributed by atoms with E-state index in [-0.39, 0.29) is 10.6 Å². The molecule has 78 valence electrons. The first-order chi connectivity index (χ1) is 6.29. The van der Waals surface area contributed by atoms with Gasteiger partial charge in [-0.3, -0.25) is 0 Å². The summed E-state index contributed by atoms with van der Waals surface area (Å²) in [5, 5.41) is -0.329. The van der Waals surface area contributed by atoms with E-state index >= 15 is 0 Å². The molecule has 1 rings (SSSR count). The minimum atomic E-state index is -4.80. The normalized spacial score (nSPS) is 11.7. The largest absolute Gasteiger partial charge is 0.306 e. The fraction of sp³-hybridized carbons (Fsp3) is 0.143. The van der Waals surface area contributed by atoms with E-state index in [4.69, 9.17) is 11.6 Å². The van der Waals surface area contributed by atoms with Crippen LogP contribution in [0.5, 0.6) is 0 Å². The smallest absolute Gasteiger partial charge is 0.204 e. The van der Waals surface area contributed by atoms with Gasteiger partial charge in [0.25, 0.3) is 0 Å². The molecular formula is C7H4ClF3O2S. The molecule has 2 nitrogen and oxygen atoms in total. The molecule has 14 heavy (non-hydrogen) atoms. The first kappa shape index (κ1) is 11.3. The zero-order chi connectivity index (χ0) is 10.9. The van der Waals surface area contributed by atoms with Crippen LogP contribution in [-0.2, 0) is 16.0 Å². The van der Waals surface area contributed by atoms with Gasteiger partial charge in [0.1, 0.15) is 5.75 Å². The third kappa shape index (κ3) is 2.88. The molecule has 0 saturated heterocycles. The standard InChI is InChI=1S/C7H4ClF3O2S/c8-5-2-7(10)6(9)1-4(5)3-14(11,12)13/h1-2H,3H2. The van der Waals surface area contributed by atoms with Crippen molar-refractivity contribution in [1.29, 1.82) is 0 Å². The van der Waals surface area contributed by atoms with E-state index in [0.29, 0.717) is 12.1 Å². The Hall–Kier alpha value is -0.750. The minimum absolute atomic E-state index is 0.312. The fourth-order valence-electron chi connectivity index (χ4n) is 0.860. The molecule has 0 radical (unpaired) electrons. The van der Waals surface area contributed by atoms with Gasteiger partial charge in [-0.1, -0.05) is 11.6 Å². The average molecular weight is 245 g/mol. The average Bonchev–Trinajstić information content (AvgIpc) is 1.97. The van der Waals surface area contributed by atoms with E-state index in [1.54, 1.807) is 0 Å². The van der Waals surface area contributed by atoms with Crippen LogP contribution in [0, 0.1) is 11.6 Å². The highest BCUT2D eigenvalue weighted by Gasteiger charge is 2.15. The fourth-order valence-corrected chi connectivity index (χ4v) is 1.77. The van der Waals surface area contributed by atoms with E-state index < -0.39 is 27.6 Å². The Bertz CT molecular complexity index is 458. The van der Waals surface area contributed by atoms with Gasteiger partial charge in [-0.05, 0) is 17.7 Å². The molecule has 0 aliphatic carbocycles. The summed E-state index contributed by atoms with van der Waals surface area (Å²) in [6.45, 7) is 0. The van der Waals surface area contributed by atoms with Gasteiger partial charge in [-0.15, -0.1) is 3.89 Å². The van der Waals surface area contributed by atoms with Crippen molar-refractivity contribution in [2.75, 3.05) is 0 Å². The highest BCUT2D eigenvalue weighted by Crippen LogP contribution is 2.22. The second kappa shape index (κ2) is 3.78. The van der Waals surface area contributed by atoms with E-state index in [1.807, 2.05) is 0 Å². The van der Waals surface area contributed by atoms with Crippen molar-refractivity contribution in [1.82, 2.24) is 0 Å². The Labute approximate surface area is 83.5 Å². The quantitative estimate of drug-likeness (QED) is 0.591. The molecule has 0 heterocycles. The molecule has 0 saturated carbocycles. The molecule has 0 fully saturated rings. The van der Waals surface area contributed by atoms with Crippen molar-refractivity contribution in [3.63, 3.8) is 0 Å². The highest BCUT2D eigenvalue weighted by atomic mass is 35.5. The third-order valence-electron chi connectivity index (χ3n) is 1.42. The molecule has 0 amide bonds. The molecule has 1 aromatic rings. The SMILES string of the molecule is O=S(=O)(F)Cc1cc(F)c(F)cc1Cl. The summed E-state index contributed by atoms with van der Waals surface area (Å²) in [5.74, 6) is -3.55. The first-order valence-electron chi connectivity index (χ1n) is 3.35. The zero-order valence-electron chi connectivity index (χ0n) is 6.60. The number of rotatable bonds is 2. The molecule has 0 spiro atoms. The molecule has 7 heteroatoms. The summed E-state index contributed by atoms with van der Waals surface area (Å²) in [6.07, 6.45) is 0. The maximum absolute atomic E-state index is 12.6. The Morgan fingerprint density at radius 2 is 1.71 bits per heavy atom. The summed E-state index contributed by atoms with van der Waals surface area (Å²) in [4.78, 5) is 0. The van der Waals surface area contributed by atoms with E-state index in [9.17, 15) is 21.1 Å². The number of hydrogen-bond acceptors (Lipinski definition) is 2. The van der Waals surface area contributed by atoms with Crippen LogP contribution in [0.4, 0.5) is 12.7 Å². The predicted molar refractivity (Wildman–Crippen MR) is 45.1 cm³/mol. The van der Waals surface area contributed by atoms with Gasteiger partial charge in [0, 0.05) is 5.02 Å². The van der Waals surface area contributed by atoms with Crippen LogP contribution >= 0.6 is 11.6 Å². The van der Waals surface area contributed by atoms with Gasteiger partial charge in [0.05, 0.1) is 0 Å². The third-order valence-corrected chi connectivity index (χ3v) is 2.42. The van der Waals surface area contributed by atoms with Crippen LogP contribution in [0.3, 0.4) is 0 Å². The van der Waals surface area contributed by atoms with Gasteiger partial charge in [-0.25, -0.2) is 8.78 Å². The summed E-state index contributed by atoms with van der Waals surface area (Å²) < 4.78 is 57.7. The molecule has 0 aliphatic heterocycles. The number of halogens is 4. The number of benzene rings is 1. The van der Waals surface area contributed by atoms with Gasteiger partial charge < -0.3 is 0 Å². The van der Waals surface area contributed by atoms with Crippen molar-refractivity contribution in [3.8, 4) is 0 Å². The van der Waals surface area contributed by atoms with Crippen LogP contribution in [0.1, 0.15) is 5.56 Å². The lowest BCUT2D eigenvalue weighted by Gasteiger charge is -2.01. The minimum Gasteiger partial charge on any atom is -0.204 e. The second-order valence-corrected chi connectivity index (χ2v) is 4.31. The Balaban J connectivity index is 3.17. The predicted octanol–water partition coefficient (Wildman–Crippen LogP) is 2.42. The maximum atomic E-state index is 12.6. The van der Waals surface area contributed by atoms with Crippen LogP contribution in [0.15, 0.2) is 12.1 Å². The van der Waals surface area contributed by atoms with Gasteiger partial charge >= 0.3 is 10.2 Å². The van der Waals surface area contributed by atoms with Crippen molar-refractivity contribution in [2.45, 2.75) is 5.75 Å². The second-order valence-electron chi connectivity index (χ2n) is 2.54. The highest BCUT2D eigenvalue weighted by molar-refractivity contribution is 7.85. The molecule has 0 aliphatic rings. The maximum Gasteiger partial charge on any atom is 0.306 e. The molecule has 0 aromatic heterocycles. The summed E-state index contributed by atoms with van der Waals surface area (Å²) in [6, 6.07) is 1.15. The van der Waals surface area contributed by atoms with Crippen LogP contribution < -0.4 is 0 Å². The lowest BCUT2D eigenvalue weighted by Crippen LogP contribution is -1.99. The lowest BCUT2D eigenvalue weighted by atomic mass is 10.2. The number of hydrogen-bond donors (Lipinski definition) is 0. The molecule has 0 bridgehead atoms. The Kier molecular flexibility index (Phi) is 3.06. The Morgan fingerprint density at radius 3 is 2.21 bits per heavy atom. The van der Waals surface area contributed by atoms with Crippen molar-refractivity contribution in [2.24, 2.45) is 0 Å². The Morgan fingerprint density at radius 1 is 1.21 bits per heavy atom.